The summed E-state index contributed by atoms with van der Waals surface area (Å²) >= 11 is 1.52. The number of rotatable bonds is 3. The molecule has 7 nitrogen and oxygen atoms in total. The molecule has 1 atom stereocenters. The molecular formula is C18H19N3O4S. The van der Waals surface area contributed by atoms with Gasteiger partial charge in [0.1, 0.15) is 0 Å². The van der Waals surface area contributed by atoms with Crippen molar-refractivity contribution in [2.45, 2.75) is 31.1 Å². The number of carboxylic acid groups (broad SMARTS) is 1. The van der Waals surface area contributed by atoms with Gasteiger partial charge in [0, 0.05) is 13.2 Å². The lowest BCUT2D eigenvalue weighted by Gasteiger charge is -2.26. The summed E-state index contributed by atoms with van der Waals surface area (Å²) in [5.74, 6) is -0.278. The maximum atomic E-state index is 12.7. The molecule has 1 aromatic carbocycles. The fourth-order valence-corrected chi connectivity index (χ4v) is 4.56. The van der Waals surface area contributed by atoms with E-state index in [0.717, 1.165) is 23.4 Å². The van der Waals surface area contributed by atoms with Gasteiger partial charge < -0.3 is 9.84 Å². The zero-order valence-electron chi connectivity index (χ0n) is 14.3. The second-order valence-electron chi connectivity index (χ2n) is 6.45. The van der Waals surface area contributed by atoms with Crippen LogP contribution in [0.4, 0.5) is 5.82 Å². The Morgan fingerprint density at radius 3 is 2.65 bits per heavy atom. The Bertz CT molecular complexity index is 923. The van der Waals surface area contributed by atoms with Gasteiger partial charge >= 0.3 is 5.97 Å². The molecular weight excluding hydrogens is 354 g/mol. The molecule has 136 valence electrons. The van der Waals surface area contributed by atoms with E-state index in [-0.39, 0.29) is 22.4 Å². The van der Waals surface area contributed by atoms with Gasteiger partial charge in [0.05, 0.1) is 27.5 Å². The summed E-state index contributed by atoms with van der Waals surface area (Å²) in [6.07, 6.45) is 1.69. The average Bonchev–Trinajstić information content (AvgIpc) is 2.98. The molecule has 2 N–H and O–H groups in total. The van der Waals surface area contributed by atoms with Crippen molar-refractivity contribution in [3.63, 3.8) is 0 Å². The van der Waals surface area contributed by atoms with Crippen molar-refractivity contribution in [2.24, 2.45) is 4.99 Å². The van der Waals surface area contributed by atoms with Crippen molar-refractivity contribution in [2.75, 3.05) is 13.2 Å². The lowest BCUT2D eigenvalue weighted by Crippen LogP contribution is -2.21. The number of aromatic carboxylic acids is 1. The smallest absolute Gasteiger partial charge is 0.335 e. The molecule has 0 saturated carbocycles. The van der Waals surface area contributed by atoms with Crippen LogP contribution in [0, 0.1) is 0 Å². The molecule has 2 aromatic rings. The summed E-state index contributed by atoms with van der Waals surface area (Å²) < 4.78 is 7.31. The van der Waals surface area contributed by atoms with Crippen molar-refractivity contribution in [1.82, 2.24) is 9.78 Å². The molecule has 0 aliphatic carbocycles. The van der Waals surface area contributed by atoms with Crippen LogP contribution in [0.2, 0.25) is 0 Å². The van der Waals surface area contributed by atoms with Crippen LogP contribution in [0.15, 0.2) is 34.1 Å². The maximum Gasteiger partial charge on any atom is 0.335 e. The van der Waals surface area contributed by atoms with Crippen molar-refractivity contribution in [1.29, 1.82) is 0 Å². The minimum atomic E-state index is -0.963. The number of carboxylic acids is 1. The topological polar surface area (TPSA) is 96.7 Å². The predicted octanol–water partition coefficient (Wildman–Crippen LogP) is 3.11. The Kier molecular flexibility index (Phi) is 4.46. The van der Waals surface area contributed by atoms with Gasteiger partial charge in [0.25, 0.3) is 5.56 Å². The second kappa shape index (κ2) is 6.77. The SMILES string of the molecule is CC1=Nc2c(c(=O)[nH]n2C2CCOCC2)C(c2ccc(C(=O)O)cc2)S1. The molecule has 0 spiro atoms. The number of carbonyl (C=O) groups is 1. The largest absolute Gasteiger partial charge is 0.478 e. The first-order valence-corrected chi connectivity index (χ1v) is 9.40. The van der Waals surface area contributed by atoms with Crippen LogP contribution in [-0.2, 0) is 4.74 Å². The molecule has 1 saturated heterocycles. The van der Waals surface area contributed by atoms with Gasteiger partial charge in [0.2, 0.25) is 0 Å². The van der Waals surface area contributed by atoms with Crippen molar-refractivity contribution >= 4 is 28.6 Å². The molecule has 1 unspecified atom stereocenters. The van der Waals surface area contributed by atoms with E-state index >= 15 is 0 Å². The number of fused-ring (bicyclic) bond motifs is 1. The number of nitrogens with one attached hydrogen (secondary N) is 1. The standard InChI is InChI=1S/C18H19N3O4S/c1-10-19-16-14(17(22)20-21(16)13-6-8-25-9-7-13)15(26-10)11-2-4-12(5-3-11)18(23)24/h2-5,13,15H,6-9H2,1H3,(H,20,22)(H,23,24). The maximum absolute atomic E-state index is 12.7. The molecule has 3 heterocycles. The number of ether oxygens (including phenoxy) is 1. The molecule has 0 amide bonds. The Labute approximate surface area is 154 Å². The van der Waals surface area contributed by atoms with E-state index in [9.17, 15) is 9.59 Å². The highest BCUT2D eigenvalue weighted by molar-refractivity contribution is 8.14. The quantitative estimate of drug-likeness (QED) is 0.862. The lowest BCUT2D eigenvalue weighted by molar-refractivity contribution is 0.0666. The Hall–Kier alpha value is -2.32. The van der Waals surface area contributed by atoms with Crippen molar-refractivity contribution in [3.05, 3.63) is 51.3 Å². The minimum Gasteiger partial charge on any atom is -0.478 e. The number of aromatic amines is 1. The number of thioether (sulfide) groups is 1. The van der Waals surface area contributed by atoms with Gasteiger partial charge in [-0.1, -0.05) is 23.9 Å². The summed E-state index contributed by atoms with van der Waals surface area (Å²) in [5.41, 5.74) is 1.62. The fraction of sp³-hybridized carbons (Fsp3) is 0.389. The van der Waals surface area contributed by atoms with Crippen LogP contribution in [0.1, 0.15) is 52.5 Å². The number of hydrogen-bond acceptors (Lipinski definition) is 5. The summed E-state index contributed by atoms with van der Waals surface area (Å²) in [7, 11) is 0. The highest BCUT2D eigenvalue weighted by Gasteiger charge is 2.32. The molecule has 0 radical (unpaired) electrons. The molecule has 26 heavy (non-hydrogen) atoms. The number of H-pyrrole nitrogens is 1. The van der Waals surface area contributed by atoms with Gasteiger partial charge in [-0.3, -0.25) is 14.6 Å². The normalized spacial score (nSPS) is 20.5. The molecule has 8 heteroatoms. The van der Waals surface area contributed by atoms with Crippen molar-refractivity contribution in [3.8, 4) is 0 Å². The summed E-state index contributed by atoms with van der Waals surface area (Å²) in [6.45, 7) is 3.28. The fourth-order valence-electron chi connectivity index (χ4n) is 3.45. The lowest BCUT2D eigenvalue weighted by atomic mass is 10.0. The number of aromatic nitrogens is 2. The Balaban J connectivity index is 1.77. The van der Waals surface area contributed by atoms with Crippen LogP contribution >= 0.6 is 11.8 Å². The number of hydrogen-bond donors (Lipinski definition) is 2. The van der Waals surface area contributed by atoms with Crippen LogP contribution in [0.25, 0.3) is 0 Å². The summed E-state index contributed by atoms with van der Waals surface area (Å²) in [6, 6.07) is 6.87. The average molecular weight is 373 g/mol. The first-order chi connectivity index (χ1) is 12.5. The monoisotopic (exact) mass is 373 g/mol. The van der Waals surface area contributed by atoms with E-state index in [0.29, 0.717) is 24.6 Å². The zero-order valence-corrected chi connectivity index (χ0v) is 15.1. The summed E-state index contributed by atoms with van der Waals surface area (Å²) in [5, 5.41) is 12.7. The van der Waals surface area contributed by atoms with Crippen LogP contribution < -0.4 is 5.56 Å². The first-order valence-electron chi connectivity index (χ1n) is 8.52. The van der Waals surface area contributed by atoms with E-state index in [1.165, 1.54) is 11.8 Å². The molecule has 2 aliphatic heterocycles. The van der Waals surface area contributed by atoms with E-state index in [1.54, 1.807) is 24.3 Å². The van der Waals surface area contributed by atoms with Gasteiger partial charge in [-0.25, -0.2) is 9.79 Å². The minimum absolute atomic E-state index is 0.137. The Morgan fingerprint density at radius 1 is 1.31 bits per heavy atom. The zero-order chi connectivity index (χ0) is 18.3. The highest BCUT2D eigenvalue weighted by atomic mass is 32.2. The molecule has 1 fully saturated rings. The number of aliphatic imine (C=N–C) groups is 1. The van der Waals surface area contributed by atoms with Crippen LogP contribution in [0.5, 0.6) is 0 Å². The van der Waals surface area contributed by atoms with E-state index < -0.39 is 5.97 Å². The number of benzene rings is 1. The highest BCUT2D eigenvalue weighted by Crippen LogP contribution is 2.44. The van der Waals surface area contributed by atoms with Crippen LogP contribution in [0.3, 0.4) is 0 Å². The summed E-state index contributed by atoms with van der Waals surface area (Å²) in [4.78, 5) is 28.4. The Morgan fingerprint density at radius 2 is 2.00 bits per heavy atom. The third kappa shape index (κ3) is 2.99. The molecule has 1 aromatic heterocycles. The third-order valence-corrected chi connectivity index (χ3v) is 5.94. The third-order valence-electron chi connectivity index (χ3n) is 4.77. The van der Waals surface area contributed by atoms with Crippen molar-refractivity contribution < 1.29 is 14.6 Å². The molecule has 0 bridgehead atoms. The van der Waals surface area contributed by atoms with E-state index in [1.807, 2.05) is 11.6 Å². The molecule has 4 rings (SSSR count). The number of nitrogens with zero attached hydrogens (tertiary/aromatic N) is 2. The predicted molar refractivity (Wildman–Crippen MR) is 99.7 cm³/mol. The van der Waals surface area contributed by atoms with Gasteiger partial charge in [-0.15, -0.1) is 0 Å². The molecule has 2 aliphatic rings. The van der Waals surface area contributed by atoms with Crippen LogP contribution in [-0.4, -0.2) is 39.1 Å². The van der Waals surface area contributed by atoms with E-state index in [2.05, 4.69) is 10.1 Å². The first kappa shape index (κ1) is 17.1. The van der Waals surface area contributed by atoms with E-state index in [4.69, 9.17) is 9.84 Å². The van der Waals surface area contributed by atoms with Gasteiger partial charge in [0.15, 0.2) is 5.82 Å². The van der Waals surface area contributed by atoms with Gasteiger partial charge in [-0.05, 0) is 37.5 Å². The second-order valence-corrected chi connectivity index (χ2v) is 7.75. The van der Waals surface area contributed by atoms with Gasteiger partial charge in [-0.2, -0.15) is 0 Å².